The van der Waals surface area contributed by atoms with Crippen LogP contribution in [-0.4, -0.2) is 42.2 Å². The summed E-state index contributed by atoms with van der Waals surface area (Å²) >= 11 is 0.335. The number of rotatable bonds is 6. The van der Waals surface area contributed by atoms with Crippen molar-refractivity contribution in [3.63, 3.8) is 0 Å². The van der Waals surface area contributed by atoms with E-state index in [1.807, 2.05) is 24.3 Å². The van der Waals surface area contributed by atoms with Crippen LogP contribution in [0.2, 0.25) is 0 Å². The second-order valence-electron chi connectivity index (χ2n) is 5.84. The van der Waals surface area contributed by atoms with Gasteiger partial charge in [-0.05, 0) is 18.2 Å². The average Bonchev–Trinajstić information content (AvgIpc) is 2.81. The molecule has 1 N–H and O–H groups in total. The molecule has 3 rings (SSSR count). The molecule has 8 heteroatoms. The molecular weight excluding hydrogens is 374 g/mol. The summed E-state index contributed by atoms with van der Waals surface area (Å²) < 4.78 is 30.8. The number of fused-ring (bicyclic) bond motifs is 1. The molecule has 1 aliphatic heterocycles. The Hall–Kier alpha value is -2.61. The fraction of sp³-hybridized carbons (Fsp3) is 0.263. The van der Waals surface area contributed by atoms with E-state index in [9.17, 15) is 18.4 Å². The SMILES string of the molecule is O=C(NCCN1Cc2ccccc2OCC1=O)c1ccccc1SC(F)F. The Morgan fingerprint density at radius 1 is 1.19 bits per heavy atom. The number of alkyl halides is 2. The molecule has 0 bridgehead atoms. The predicted molar refractivity (Wildman–Crippen MR) is 98.0 cm³/mol. The Labute approximate surface area is 159 Å². The number of hydrogen-bond donors (Lipinski definition) is 1. The number of carbonyl (C=O) groups is 2. The maximum absolute atomic E-state index is 12.6. The molecule has 0 spiro atoms. The molecule has 0 atom stereocenters. The number of benzene rings is 2. The number of halogens is 2. The van der Waals surface area contributed by atoms with Crippen molar-refractivity contribution < 1.29 is 23.1 Å². The molecule has 0 radical (unpaired) electrons. The van der Waals surface area contributed by atoms with Gasteiger partial charge in [0, 0.05) is 30.1 Å². The zero-order valence-corrected chi connectivity index (χ0v) is 15.2. The van der Waals surface area contributed by atoms with Gasteiger partial charge in [0.25, 0.3) is 17.6 Å². The Balaban J connectivity index is 1.59. The topological polar surface area (TPSA) is 58.6 Å². The molecule has 2 aromatic carbocycles. The van der Waals surface area contributed by atoms with Gasteiger partial charge in [0.2, 0.25) is 0 Å². The van der Waals surface area contributed by atoms with Crippen LogP contribution in [0.25, 0.3) is 0 Å². The highest BCUT2D eigenvalue weighted by atomic mass is 32.2. The van der Waals surface area contributed by atoms with E-state index in [1.54, 1.807) is 17.0 Å². The smallest absolute Gasteiger partial charge is 0.288 e. The number of amides is 2. The van der Waals surface area contributed by atoms with Gasteiger partial charge in [-0.2, -0.15) is 8.78 Å². The van der Waals surface area contributed by atoms with Gasteiger partial charge in [0.15, 0.2) is 6.61 Å². The number of carbonyl (C=O) groups excluding carboxylic acids is 2. The number of nitrogens with zero attached hydrogens (tertiary/aromatic N) is 1. The lowest BCUT2D eigenvalue weighted by Crippen LogP contribution is -2.39. The fourth-order valence-electron chi connectivity index (χ4n) is 2.76. The highest BCUT2D eigenvalue weighted by Crippen LogP contribution is 2.28. The van der Waals surface area contributed by atoms with Gasteiger partial charge < -0.3 is 15.0 Å². The summed E-state index contributed by atoms with van der Waals surface area (Å²) in [5.41, 5.74) is 1.09. The number of hydrogen-bond acceptors (Lipinski definition) is 4. The van der Waals surface area contributed by atoms with Crippen LogP contribution in [0.5, 0.6) is 5.75 Å². The zero-order chi connectivity index (χ0) is 19.2. The summed E-state index contributed by atoms with van der Waals surface area (Å²) in [6.45, 7) is 0.842. The van der Waals surface area contributed by atoms with Gasteiger partial charge in [-0.3, -0.25) is 9.59 Å². The van der Waals surface area contributed by atoms with Crippen molar-refractivity contribution in [3.8, 4) is 5.75 Å². The van der Waals surface area contributed by atoms with E-state index in [0.717, 1.165) is 5.56 Å². The van der Waals surface area contributed by atoms with Gasteiger partial charge >= 0.3 is 0 Å². The summed E-state index contributed by atoms with van der Waals surface area (Å²) in [5.74, 6) is -2.55. The minimum atomic E-state index is -2.60. The molecule has 1 aliphatic rings. The molecule has 1 heterocycles. The number of thioether (sulfide) groups is 1. The van der Waals surface area contributed by atoms with E-state index in [4.69, 9.17) is 4.74 Å². The molecule has 142 valence electrons. The first-order valence-corrected chi connectivity index (χ1v) is 9.23. The molecule has 0 unspecified atom stereocenters. The molecule has 0 saturated carbocycles. The van der Waals surface area contributed by atoms with E-state index < -0.39 is 11.7 Å². The molecule has 0 aliphatic carbocycles. The van der Waals surface area contributed by atoms with Gasteiger partial charge in [-0.25, -0.2) is 0 Å². The van der Waals surface area contributed by atoms with Crippen LogP contribution < -0.4 is 10.1 Å². The van der Waals surface area contributed by atoms with Gasteiger partial charge in [0.1, 0.15) is 5.75 Å². The third-order valence-electron chi connectivity index (χ3n) is 4.05. The van der Waals surface area contributed by atoms with Crippen LogP contribution in [0.4, 0.5) is 8.78 Å². The first kappa shape index (κ1) is 19.2. The van der Waals surface area contributed by atoms with Gasteiger partial charge in [-0.1, -0.05) is 42.1 Å². The maximum Gasteiger partial charge on any atom is 0.288 e. The molecule has 5 nitrogen and oxygen atoms in total. The fourth-order valence-corrected chi connectivity index (χ4v) is 3.39. The molecule has 2 amide bonds. The lowest BCUT2D eigenvalue weighted by atomic mass is 10.2. The number of ether oxygens (including phenoxy) is 1. The minimum Gasteiger partial charge on any atom is -0.483 e. The molecule has 0 fully saturated rings. The predicted octanol–water partition coefficient (Wildman–Crippen LogP) is 3.15. The second-order valence-corrected chi connectivity index (χ2v) is 6.87. The van der Waals surface area contributed by atoms with E-state index in [0.29, 0.717) is 30.6 Å². The van der Waals surface area contributed by atoms with Gasteiger partial charge in [0.05, 0.1) is 5.56 Å². The summed E-state index contributed by atoms with van der Waals surface area (Å²) in [7, 11) is 0. The molecule has 0 saturated heterocycles. The maximum atomic E-state index is 12.6. The van der Waals surface area contributed by atoms with Crippen LogP contribution in [0.15, 0.2) is 53.4 Å². The highest BCUT2D eigenvalue weighted by Gasteiger charge is 2.21. The third-order valence-corrected chi connectivity index (χ3v) is 4.84. The number of nitrogens with one attached hydrogen (secondary N) is 1. The Morgan fingerprint density at radius 3 is 2.74 bits per heavy atom. The van der Waals surface area contributed by atoms with Crippen LogP contribution in [0.3, 0.4) is 0 Å². The van der Waals surface area contributed by atoms with Crippen molar-refractivity contribution in [2.24, 2.45) is 0 Å². The van der Waals surface area contributed by atoms with Crippen molar-refractivity contribution in [3.05, 3.63) is 59.7 Å². The molecular formula is C19H18F2N2O3S. The largest absolute Gasteiger partial charge is 0.483 e. The van der Waals surface area contributed by atoms with Crippen molar-refractivity contribution in [1.29, 1.82) is 0 Å². The van der Waals surface area contributed by atoms with Crippen LogP contribution in [0.1, 0.15) is 15.9 Å². The Bertz CT molecular complexity index is 832. The van der Waals surface area contributed by atoms with E-state index >= 15 is 0 Å². The van der Waals surface area contributed by atoms with Crippen LogP contribution in [0, 0.1) is 0 Å². The van der Waals surface area contributed by atoms with Gasteiger partial charge in [-0.15, -0.1) is 0 Å². The standard InChI is InChI=1S/C19H18F2N2O3S/c20-19(21)27-16-8-4-2-6-14(16)18(25)22-9-10-23-11-13-5-1-3-7-15(13)26-12-17(23)24/h1-8,19H,9-12H2,(H,22,25). The second kappa shape index (κ2) is 8.85. The quantitative estimate of drug-likeness (QED) is 0.768. The molecule has 27 heavy (non-hydrogen) atoms. The Kier molecular flexibility index (Phi) is 6.28. The summed E-state index contributed by atoms with van der Waals surface area (Å²) in [4.78, 5) is 26.4. The normalized spacial score (nSPS) is 13.7. The molecule has 0 aromatic heterocycles. The van der Waals surface area contributed by atoms with Crippen LogP contribution >= 0.6 is 11.8 Å². The first-order valence-electron chi connectivity index (χ1n) is 8.35. The summed E-state index contributed by atoms with van der Waals surface area (Å²) in [6, 6.07) is 13.6. The summed E-state index contributed by atoms with van der Waals surface area (Å²) in [5, 5.41) is 2.69. The van der Waals surface area contributed by atoms with Crippen LogP contribution in [-0.2, 0) is 11.3 Å². The average molecular weight is 392 g/mol. The zero-order valence-electron chi connectivity index (χ0n) is 14.4. The highest BCUT2D eigenvalue weighted by molar-refractivity contribution is 7.99. The van der Waals surface area contributed by atoms with E-state index in [-0.39, 0.29) is 29.5 Å². The van der Waals surface area contributed by atoms with Crippen molar-refractivity contribution in [1.82, 2.24) is 10.2 Å². The molecule has 2 aromatic rings. The monoisotopic (exact) mass is 392 g/mol. The minimum absolute atomic E-state index is 0.0567. The van der Waals surface area contributed by atoms with Crippen molar-refractivity contribution in [2.45, 2.75) is 17.2 Å². The van der Waals surface area contributed by atoms with E-state index in [1.165, 1.54) is 12.1 Å². The lowest BCUT2D eigenvalue weighted by molar-refractivity contribution is -0.133. The van der Waals surface area contributed by atoms with Crippen molar-refractivity contribution in [2.75, 3.05) is 19.7 Å². The Morgan fingerprint density at radius 2 is 1.93 bits per heavy atom. The van der Waals surface area contributed by atoms with E-state index in [2.05, 4.69) is 5.32 Å². The lowest BCUT2D eigenvalue weighted by Gasteiger charge is -2.20. The summed E-state index contributed by atoms with van der Waals surface area (Å²) in [6.07, 6.45) is 0. The van der Waals surface area contributed by atoms with Crippen molar-refractivity contribution >= 4 is 23.6 Å². The third kappa shape index (κ3) is 4.97. The first-order chi connectivity index (χ1) is 13.0. The number of para-hydroxylation sites is 1.